The summed E-state index contributed by atoms with van der Waals surface area (Å²) in [5.74, 6) is -0.603. The summed E-state index contributed by atoms with van der Waals surface area (Å²) in [6, 6.07) is 7.41. The molecule has 0 fully saturated rings. The van der Waals surface area contributed by atoms with Crippen LogP contribution >= 0.6 is 0 Å². The van der Waals surface area contributed by atoms with Crippen molar-refractivity contribution in [2.45, 2.75) is 26.7 Å². The van der Waals surface area contributed by atoms with Gasteiger partial charge in [-0.15, -0.1) is 0 Å². The predicted octanol–water partition coefficient (Wildman–Crippen LogP) is 2.37. The minimum atomic E-state index is -0.545. The van der Waals surface area contributed by atoms with Crippen LogP contribution in [-0.4, -0.2) is 32.3 Å². The number of carbonyl (C=O) groups excluding carboxylic acids is 2. The molecule has 0 unspecified atom stereocenters. The van der Waals surface area contributed by atoms with Gasteiger partial charge in [0.2, 0.25) is 0 Å². The highest BCUT2D eigenvalue weighted by Crippen LogP contribution is 2.19. The number of hydrogen-bond donors (Lipinski definition) is 0. The van der Waals surface area contributed by atoms with Gasteiger partial charge in [0.05, 0.1) is 32.7 Å². The second-order valence-electron chi connectivity index (χ2n) is 4.51. The lowest BCUT2D eigenvalue weighted by Gasteiger charge is -2.15. The normalized spacial score (nSPS) is 11.6. The molecule has 5 heteroatoms. The molecule has 0 amide bonds. The van der Waals surface area contributed by atoms with Gasteiger partial charge in [-0.2, -0.15) is 0 Å². The first-order valence-electron chi connectivity index (χ1n) is 7.05. The first-order chi connectivity index (χ1) is 10.1. The molecule has 0 saturated carbocycles. The smallest absolute Gasteiger partial charge is 0.309 e. The van der Waals surface area contributed by atoms with Crippen LogP contribution in [0.5, 0.6) is 5.75 Å². The van der Waals surface area contributed by atoms with Crippen molar-refractivity contribution >= 4 is 11.9 Å². The third-order valence-electron chi connectivity index (χ3n) is 2.95. The minimum Gasteiger partial charge on any atom is -0.497 e. The lowest BCUT2D eigenvalue weighted by molar-refractivity contribution is -0.154. The van der Waals surface area contributed by atoms with E-state index in [4.69, 9.17) is 14.2 Å². The lowest BCUT2D eigenvalue weighted by atomic mass is 9.96. The largest absolute Gasteiger partial charge is 0.497 e. The van der Waals surface area contributed by atoms with Crippen molar-refractivity contribution in [3.05, 3.63) is 29.8 Å². The van der Waals surface area contributed by atoms with E-state index in [0.29, 0.717) is 18.8 Å². The Morgan fingerprint density at radius 1 is 1.14 bits per heavy atom. The maximum Gasteiger partial charge on any atom is 0.309 e. The Balaban J connectivity index is 2.79. The van der Waals surface area contributed by atoms with Crippen LogP contribution < -0.4 is 4.74 Å². The van der Waals surface area contributed by atoms with Crippen LogP contribution in [0.3, 0.4) is 0 Å². The van der Waals surface area contributed by atoms with Crippen LogP contribution in [0.4, 0.5) is 0 Å². The van der Waals surface area contributed by atoms with Gasteiger partial charge in [-0.05, 0) is 38.0 Å². The summed E-state index contributed by atoms with van der Waals surface area (Å²) < 4.78 is 15.1. The number of methoxy groups -OCH3 is 1. The molecule has 0 radical (unpaired) electrons. The molecule has 0 aliphatic heterocycles. The Bertz CT molecular complexity index is 469. The van der Waals surface area contributed by atoms with Crippen molar-refractivity contribution in [1.82, 2.24) is 0 Å². The topological polar surface area (TPSA) is 61.8 Å². The zero-order valence-electron chi connectivity index (χ0n) is 12.8. The molecule has 0 aromatic heterocycles. The predicted molar refractivity (Wildman–Crippen MR) is 78.1 cm³/mol. The highest BCUT2D eigenvalue weighted by Gasteiger charge is 2.24. The van der Waals surface area contributed by atoms with Gasteiger partial charge in [0.1, 0.15) is 5.75 Å². The molecule has 1 aromatic rings. The fourth-order valence-electron chi connectivity index (χ4n) is 2.00. The number of esters is 2. The number of carbonyl (C=O) groups is 2. The highest BCUT2D eigenvalue weighted by molar-refractivity contribution is 5.80. The summed E-state index contributed by atoms with van der Waals surface area (Å²) >= 11 is 0. The van der Waals surface area contributed by atoms with Crippen LogP contribution in [-0.2, 0) is 25.5 Å². The van der Waals surface area contributed by atoms with Crippen molar-refractivity contribution < 1.29 is 23.8 Å². The van der Waals surface area contributed by atoms with E-state index in [1.165, 1.54) is 0 Å². The maximum atomic E-state index is 12.0. The quantitative estimate of drug-likeness (QED) is 0.689. The molecule has 1 atom stereocenters. The summed E-state index contributed by atoms with van der Waals surface area (Å²) in [6.45, 7) is 4.06. The van der Waals surface area contributed by atoms with Gasteiger partial charge in [-0.1, -0.05) is 12.1 Å². The summed E-state index contributed by atoms with van der Waals surface area (Å²) in [5.41, 5.74) is 0.914. The summed E-state index contributed by atoms with van der Waals surface area (Å²) in [4.78, 5) is 23.6. The van der Waals surface area contributed by atoms with Crippen LogP contribution in [0.25, 0.3) is 0 Å². The maximum absolute atomic E-state index is 12.0. The molecule has 0 aliphatic carbocycles. The van der Waals surface area contributed by atoms with Crippen molar-refractivity contribution in [1.29, 1.82) is 0 Å². The van der Waals surface area contributed by atoms with E-state index in [1.54, 1.807) is 21.0 Å². The van der Waals surface area contributed by atoms with E-state index >= 15 is 0 Å². The Hall–Kier alpha value is -2.04. The second-order valence-corrected chi connectivity index (χ2v) is 4.51. The molecular formula is C16H22O5. The van der Waals surface area contributed by atoms with Crippen LogP contribution in [0, 0.1) is 5.92 Å². The standard InChI is InChI=1S/C16H22O5/c1-4-20-15(17)11-13(16(18)21-5-2)9-12-7-6-8-14(10-12)19-3/h6-8,10,13H,4-5,9,11H2,1-3H3/t13-/m1/s1. The van der Waals surface area contributed by atoms with Gasteiger partial charge in [-0.3, -0.25) is 9.59 Å². The van der Waals surface area contributed by atoms with Crippen molar-refractivity contribution in [2.75, 3.05) is 20.3 Å². The fraction of sp³-hybridized carbons (Fsp3) is 0.500. The van der Waals surface area contributed by atoms with E-state index in [1.807, 2.05) is 24.3 Å². The third-order valence-corrected chi connectivity index (χ3v) is 2.95. The van der Waals surface area contributed by atoms with E-state index < -0.39 is 11.9 Å². The first kappa shape index (κ1) is 17.0. The lowest BCUT2D eigenvalue weighted by Crippen LogP contribution is -2.24. The van der Waals surface area contributed by atoms with E-state index in [2.05, 4.69) is 0 Å². The zero-order valence-corrected chi connectivity index (χ0v) is 12.8. The average molecular weight is 294 g/mol. The number of ether oxygens (including phenoxy) is 3. The molecule has 0 spiro atoms. The van der Waals surface area contributed by atoms with Gasteiger partial charge in [0.15, 0.2) is 0 Å². The molecular weight excluding hydrogens is 272 g/mol. The average Bonchev–Trinajstić information content (AvgIpc) is 2.47. The number of hydrogen-bond acceptors (Lipinski definition) is 5. The molecule has 1 aromatic carbocycles. The molecule has 0 aliphatic rings. The summed E-state index contributed by atoms with van der Waals surface area (Å²) in [5, 5.41) is 0. The number of benzene rings is 1. The Kier molecular flexibility index (Phi) is 7.29. The molecule has 21 heavy (non-hydrogen) atoms. The summed E-state index contributed by atoms with van der Waals surface area (Å²) in [7, 11) is 1.58. The molecule has 0 N–H and O–H groups in total. The van der Waals surface area contributed by atoms with Crippen molar-refractivity contribution in [2.24, 2.45) is 5.92 Å². The monoisotopic (exact) mass is 294 g/mol. The Morgan fingerprint density at radius 3 is 2.48 bits per heavy atom. The number of rotatable bonds is 8. The van der Waals surface area contributed by atoms with Gasteiger partial charge < -0.3 is 14.2 Å². The Morgan fingerprint density at radius 2 is 1.86 bits per heavy atom. The van der Waals surface area contributed by atoms with E-state index in [-0.39, 0.29) is 19.0 Å². The first-order valence-corrected chi connectivity index (χ1v) is 7.05. The molecule has 116 valence electrons. The van der Waals surface area contributed by atoms with E-state index in [9.17, 15) is 9.59 Å². The van der Waals surface area contributed by atoms with E-state index in [0.717, 1.165) is 5.56 Å². The van der Waals surface area contributed by atoms with Gasteiger partial charge in [0.25, 0.3) is 0 Å². The highest BCUT2D eigenvalue weighted by atomic mass is 16.5. The van der Waals surface area contributed by atoms with Crippen LogP contribution in [0.1, 0.15) is 25.8 Å². The summed E-state index contributed by atoms with van der Waals surface area (Å²) in [6.07, 6.45) is 0.429. The molecule has 0 heterocycles. The molecule has 1 rings (SSSR count). The van der Waals surface area contributed by atoms with Crippen LogP contribution in [0.15, 0.2) is 24.3 Å². The van der Waals surface area contributed by atoms with Crippen LogP contribution in [0.2, 0.25) is 0 Å². The van der Waals surface area contributed by atoms with Crippen molar-refractivity contribution in [3.63, 3.8) is 0 Å². The molecule has 0 bridgehead atoms. The van der Waals surface area contributed by atoms with Gasteiger partial charge in [0, 0.05) is 0 Å². The minimum absolute atomic E-state index is 0.0177. The molecule has 0 saturated heterocycles. The van der Waals surface area contributed by atoms with Gasteiger partial charge in [-0.25, -0.2) is 0 Å². The Labute approximate surface area is 125 Å². The molecule has 5 nitrogen and oxygen atoms in total. The second kappa shape index (κ2) is 9.00. The zero-order chi connectivity index (χ0) is 15.7. The van der Waals surface area contributed by atoms with Gasteiger partial charge >= 0.3 is 11.9 Å². The SMILES string of the molecule is CCOC(=O)C[C@@H](Cc1cccc(OC)c1)C(=O)OCC. The fourth-order valence-corrected chi connectivity index (χ4v) is 2.00. The third kappa shape index (κ3) is 5.85. The van der Waals surface area contributed by atoms with Crippen molar-refractivity contribution in [3.8, 4) is 5.75 Å².